The number of hydrogen-bond acceptors (Lipinski definition) is 4. The molecule has 0 atom stereocenters. The van der Waals surface area contributed by atoms with Gasteiger partial charge in [0.2, 0.25) is 3.83 Å². The van der Waals surface area contributed by atoms with E-state index in [-0.39, 0.29) is 12.3 Å². The van der Waals surface area contributed by atoms with Gasteiger partial charge < -0.3 is 0 Å². The molecule has 10 heavy (non-hydrogen) atoms. The minimum absolute atomic E-state index is 0.0465. The lowest BCUT2D eigenvalue weighted by atomic mass is 10.5. The summed E-state index contributed by atoms with van der Waals surface area (Å²) in [5.74, 6) is 0.0465. The predicted molar refractivity (Wildman–Crippen MR) is 41.2 cm³/mol. The Kier molecular flexibility index (Phi) is 2.30. The molecular formula is C4H5IN4O. The Bertz CT molecular complexity index is 245. The number of carbonyl (C=O) groups excluding carboxylic acids is 1. The highest BCUT2D eigenvalue weighted by molar-refractivity contribution is 14.1. The Morgan fingerprint density at radius 2 is 2.50 bits per heavy atom. The van der Waals surface area contributed by atoms with Crippen molar-refractivity contribution < 1.29 is 4.79 Å². The van der Waals surface area contributed by atoms with Crippen LogP contribution in [0.4, 0.5) is 0 Å². The summed E-state index contributed by atoms with van der Waals surface area (Å²) in [4.78, 5) is 10.5. The molecule has 54 valence electrons. The zero-order valence-electron chi connectivity index (χ0n) is 5.28. The fraction of sp³-hybridized carbons (Fsp3) is 0.500. The molecule has 0 N–H and O–H groups in total. The van der Waals surface area contributed by atoms with E-state index in [1.54, 1.807) is 0 Å². The second-order valence-electron chi connectivity index (χ2n) is 1.81. The molecule has 0 spiro atoms. The van der Waals surface area contributed by atoms with Crippen molar-refractivity contribution in [3.8, 4) is 0 Å². The van der Waals surface area contributed by atoms with E-state index in [1.165, 1.54) is 11.6 Å². The number of carbonyl (C=O) groups is 1. The van der Waals surface area contributed by atoms with Gasteiger partial charge in [0.1, 0.15) is 6.54 Å². The fourth-order valence-electron chi connectivity index (χ4n) is 0.501. The molecule has 0 bridgehead atoms. The largest absolute Gasteiger partial charge is 0.298 e. The SMILES string of the molecule is CC(=O)Cn1nnnc1I. The molecule has 0 amide bonds. The summed E-state index contributed by atoms with van der Waals surface area (Å²) < 4.78 is 2.08. The molecule has 0 aromatic carbocycles. The molecule has 0 aliphatic rings. The molecule has 0 aliphatic carbocycles. The van der Waals surface area contributed by atoms with Crippen molar-refractivity contribution in [2.24, 2.45) is 0 Å². The van der Waals surface area contributed by atoms with Crippen molar-refractivity contribution in [1.29, 1.82) is 0 Å². The summed E-state index contributed by atoms with van der Waals surface area (Å²) in [7, 11) is 0. The van der Waals surface area contributed by atoms with Gasteiger partial charge in [0.05, 0.1) is 0 Å². The first kappa shape index (κ1) is 7.58. The molecule has 1 rings (SSSR count). The maximum atomic E-state index is 10.5. The molecule has 6 heteroatoms. The number of aromatic nitrogens is 4. The number of nitrogens with zero attached hydrogens (tertiary/aromatic N) is 4. The van der Waals surface area contributed by atoms with Gasteiger partial charge in [-0.2, -0.15) is 0 Å². The van der Waals surface area contributed by atoms with Crippen molar-refractivity contribution in [1.82, 2.24) is 20.2 Å². The molecule has 0 saturated carbocycles. The van der Waals surface area contributed by atoms with Crippen LogP contribution in [0.25, 0.3) is 0 Å². The topological polar surface area (TPSA) is 60.7 Å². The van der Waals surface area contributed by atoms with E-state index in [0.717, 1.165) is 0 Å². The van der Waals surface area contributed by atoms with Crippen molar-refractivity contribution in [2.45, 2.75) is 13.5 Å². The van der Waals surface area contributed by atoms with E-state index in [4.69, 9.17) is 0 Å². The van der Waals surface area contributed by atoms with Gasteiger partial charge in [-0.1, -0.05) is 0 Å². The minimum Gasteiger partial charge on any atom is -0.298 e. The standard InChI is InChI=1S/C4H5IN4O/c1-3(10)2-9-4(5)6-7-8-9/h2H2,1H3. The highest BCUT2D eigenvalue weighted by Gasteiger charge is 2.02. The van der Waals surface area contributed by atoms with Crippen LogP contribution in [0.1, 0.15) is 6.92 Å². The summed E-state index contributed by atoms with van der Waals surface area (Å²) in [6, 6.07) is 0. The maximum absolute atomic E-state index is 10.5. The molecule has 0 unspecified atom stereocenters. The lowest BCUT2D eigenvalue weighted by Crippen LogP contribution is -2.09. The number of tetrazole rings is 1. The molecule has 0 fully saturated rings. The highest BCUT2D eigenvalue weighted by Crippen LogP contribution is 1.95. The van der Waals surface area contributed by atoms with Gasteiger partial charge in [-0.05, 0) is 17.4 Å². The monoisotopic (exact) mass is 252 g/mol. The Hall–Kier alpha value is -0.530. The molecule has 5 nitrogen and oxygen atoms in total. The highest BCUT2D eigenvalue weighted by atomic mass is 127. The molecule has 1 aromatic rings. The second kappa shape index (κ2) is 3.04. The lowest BCUT2D eigenvalue weighted by molar-refractivity contribution is -0.117. The summed E-state index contributed by atoms with van der Waals surface area (Å²) in [6.45, 7) is 1.75. The number of hydrogen-bond donors (Lipinski definition) is 0. The van der Waals surface area contributed by atoms with Crippen LogP contribution in [0.3, 0.4) is 0 Å². The predicted octanol–water partition coefficient (Wildman–Crippen LogP) is -0.133. The zero-order chi connectivity index (χ0) is 7.56. The van der Waals surface area contributed by atoms with Gasteiger partial charge >= 0.3 is 0 Å². The molecule has 0 saturated heterocycles. The van der Waals surface area contributed by atoms with E-state index >= 15 is 0 Å². The second-order valence-corrected chi connectivity index (χ2v) is 2.77. The summed E-state index contributed by atoms with van der Waals surface area (Å²) in [6.07, 6.45) is 0. The maximum Gasteiger partial charge on any atom is 0.212 e. The van der Waals surface area contributed by atoms with Crippen molar-refractivity contribution in [3.05, 3.63) is 3.83 Å². The van der Waals surface area contributed by atoms with Crippen LogP contribution < -0.4 is 0 Å². The third-order valence-corrected chi connectivity index (χ3v) is 1.63. The van der Waals surface area contributed by atoms with Crippen molar-refractivity contribution in [2.75, 3.05) is 0 Å². The third kappa shape index (κ3) is 1.72. The number of rotatable bonds is 2. The van der Waals surface area contributed by atoms with Crippen LogP contribution in [0, 0.1) is 3.83 Å². The first-order chi connectivity index (χ1) is 4.70. The van der Waals surface area contributed by atoms with Crippen molar-refractivity contribution >= 4 is 28.4 Å². The van der Waals surface area contributed by atoms with Gasteiger partial charge in [-0.15, -0.1) is 5.10 Å². The summed E-state index contributed by atoms with van der Waals surface area (Å²) >= 11 is 1.96. The molecule has 0 radical (unpaired) electrons. The average Bonchev–Trinajstić information content (AvgIpc) is 2.15. The molecule has 1 aromatic heterocycles. The number of halogens is 1. The molecule has 0 aliphatic heterocycles. The van der Waals surface area contributed by atoms with Gasteiger partial charge in [0.25, 0.3) is 0 Å². The smallest absolute Gasteiger partial charge is 0.212 e. The normalized spacial score (nSPS) is 9.80. The minimum atomic E-state index is 0.0465. The fourth-order valence-corrected chi connectivity index (χ4v) is 0.865. The van der Waals surface area contributed by atoms with E-state index < -0.39 is 0 Å². The van der Waals surface area contributed by atoms with E-state index in [1.807, 2.05) is 22.6 Å². The van der Waals surface area contributed by atoms with Gasteiger partial charge in [0, 0.05) is 22.6 Å². The first-order valence-electron chi connectivity index (χ1n) is 2.61. The Labute approximate surface area is 70.9 Å². The van der Waals surface area contributed by atoms with Crippen LogP contribution in [-0.4, -0.2) is 26.0 Å². The summed E-state index contributed by atoms with van der Waals surface area (Å²) in [5.41, 5.74) is 0. The molecule has 1 heterocycles. The van der Waals surface area contributed by atoms with Gasteiger partial charge in [-0.3, -0.25) is 4.79 Å². The number of Topliss-reactive ketones (excluding diaryl/α,β-unsaturated/α-hetero) is 1. The van der Waals surface area contributed by atoms with Crippen molar-refractivity contribution in [3.63, 3.8) is 0 Å². The first-order valence-corrected chi connectivity index (χ1v) is 3.69. The Morgan fingerprint density at radius 1 is 1.80 bits per heavy atom. The zero-order valence-corrected chi connectivity index (χ0v) is 7.44. The van der Waals surface area contributed by atoms with Gasteiger partial charge in [-0.25, -0.2) is 4.68 Å². The van der Waals surface area contributed by atoms with E-state index in [9.17, 15) is 4.79 Å². The van der Waals surface area contributed by atoms with Crippen LogP contribution >= 0.6 is 22.6 Å². The van der Waals surface area contributed by atoms with Crippen LogP contribution in [-0.2, 0) is 11.3 Å². The van der Waals surface area contributed by atoms with Gasteiger partial charge in [0.15, 0.2) is 5.78 Å². The lowest BCUT2D eigenvalue weighted by Gasteiger charge is -1.92. The van der Waals surface area contributed by atoms with E-state index in [2.05, 4.69) is 15.5 Å². The number of ketones is 1. The average molecular weight is 252 g/mol. The van der Waals surface area contributed by atoms with Crippen LogP contribution in [0.5, 0.6) is 0 Å². The molecular weight excluding hydrogens is 247 g/mol. The Morgan fingerprint density at radius 3 is 2.90 bits per heavy atom. The Balaban J connectivity index is 2.74. The quantitative estimate of drug-likeness (QED) is 0.687. The van der Waals surface area contributed by atoms with Crippen LogP contribution in [0.2, 0.25) is 0 Å². The summed E-state index contributed by atoms with van der Waals surface area (Å²) in [5, 5.41) is 10.6. The third-order valence-electron chi connectivity index (χ3n) is 0.861. The van der Waals surface area contributed by atoms with E-state index in [0.29, 0.717) is 3.83 Å². The van der Waals surface area contributed by atoms with Crippen LogP contribution in [0.15, 0.2) is 0 Å².